The van der Waals surface area contributed by atoms with Crippen LogP contribution in [0.1, 0.15) is 17.3 Å². The van der Waals surface area contributed by atoms with Crippen LogP contribution in [-0.2, 0) is 19.9 Å². The molecular weight excluding hydrogens is 381 g/mol. The third-order valence-electron chi connectivity index (χ3n) is 2.64. The Hall–Kier alpha value is -0.340. The molecule has 5 nitrogen and oxygen atoms in total. The highest BCUT2D eigenvalue weighted by molar-refractivity contribution is 8.13. The molecule has 0 saturated carbocycles. The number of nitrogens with one attached hydrogen (secondary N) is 1. The molecule has 118 valence electrons. The maximum Gasteiger partial charge on any atom is 0.261 e. The van der Waals surface area contributed by atoms with E-state index in [1.54, 1.807) is 6.92 Å². The minimum absolute atomic E-state index is 0.0801. The SMILES string of the molecule is CC(CNC(=O)c1cc(S(=O)(=O)Cl)cc(Cl)c1Cl)S(C)=O. The van der Waals surface area contributed by atoms with Crippen LogP contribution in [0.25, 0.3) is 0 Å². The maximum atomic E-state index is 12.0. The summed E-state index contributed by atoms with van der Waals surface area (Å²) < 4.78 is 33.9. The molecule has 1 aromatic carbocycles. The van der Waals surface area contributed by atoms with E-state index < -0.39 is 25.8 Å². The van der Waals surface area contributed by atoms with E-state index in [1.807, 2.05) is 0 Å². The van der Waals surface area contributed by atoms with Gasteiger partial charge in [0.1, 0.15) is 0 Å². The lowest BCUT2D eigenvalue weighted by atomic mass is 10.2. The fourth-order valence-corrected chi connectivity index (χ4v) is 2.90. The van der Waals surface area contributed by atoms with Gasteiger partial charge in [0.2, 0.25) is 0 Å². The molecule has 0 aromatic heterocycles. The summed E-state index contributed by atoms with van der Waals surface area (Å²) in [5.41, 5.74) is -0.113. The second-order valence-corrected chi connectivity index (χ2v) is 9.38. The van der Waals surface area contributed by atoms with Crippen molar-refractivity contribution in [3.05, 3.63) is 27.7 Å². The fraction of sp³-hybridized carbons (Fsp3) is 0.364. The lowest BCUT2D eigenvalue weighted by molar-refractivity contribution is 0.0954. The number of carbonyl (C=O) groups excluding carboxylic acids is 1. The molecule has 0 bridgehead atoms. The molecule has 2 atom stereocenters. The van der Waals surface area contributed by atoms with Crippen LogP contribution in [0.5, 0.6) is 0 Å². The van der Waals surface area contributed by atoms with Gasteiger partial charge in [-0.3, -0.25) is 9.00 Å². The molecule has 1 N–H and O–H groups in total. The van der Waals surface area contributed by atoms with Crippen molar-refractivity contribution in [3.8, 4) is 0 Å². The Morgan fingerprint density at radius 2 is 1.95 bits per heavy atom. The quantitative estimate of drug-likeness (QED) is 0.780. The molecule has 0 radical (unpaired) electrons. The molecule has 1 aromatic rings. The van der Waals surface area contributed by atoms with Crippen LogP contribution in [0.2, 0.25) is 10.0 Å². The van der Waals surface area contributed by atoms with Gasteiger partial charge in [0.15, 0.2) is 0 Å². The fourth-order valence-electron chi connectivity index (χ4n) is 1.32. The van der Waals surface area contributed by atoms with Crippen LogP contribution in [0.3, 0.4) is 0 Å². The maximum absolute atomic E-state index is 12.0. The normalized spacial score (nSPS) is 14.5. The van der Waals surface area contributed by atoms with Crippen molar-refractivity contribution in [2.45, 2.75) is 17.1 Å². The van der Waals surface area contributed by atoms with Gasteiger partial charge in [0.05, 0.1) is 20.5 Å². The van der Waals surface area contributed by atoms with Crippen molar-refractivity contribution in [3.63, 3.8) is 0 Å². The zero-order valence-electron chi connectivity index (χ0n) is 11.0. The van der Waals surface area contributed by atoms with Crippen molar-refractivity contribution >= 4 is 59.6 Å². The Morgan fingerprint density at radius 1 is 1.38 bits per heavy atom. The second kappa shape index (κ2) is 7.28. The van der Waals surface area contributed by atoms with Gasteiger partial charge in [-0.05, 0) is 19.1 Å². The number of hydrogen-bond acceptors (Lipinski definition) is 4. The number of benzene rings is 1. The van der Waals surface area contributed by atoms with E-state index in [0.29, 0.717) is 0 Å². The van der Waals surface area contributed by atoms with Crippen LogP contribution < -0.4 is 5.32 Å². The van der Waals surface area contributed by atoms with E-state index in [1.165, 1.54) is 6.26 Å². The molecule has 0 spiro atoms. The average molecular weight is 393 g/mol. The van der Waals surface area contributed by atoms with Gasteiger partial charge in [0.25, 0.3) is 15.0 Å². The number of amides is 1. The average Bonchev–Trinajstić information content (AvgIpc) is 2.37. The van der Waals surface area contributed by atoms with Gasteiger partial charge in [-0.25, -0.2) is 8.42 Å². The summed E-state index contributed by atoms with van der Waals surface area (Å²) in [5.74, 6) is -0.624. The largest absolute Gasteiger partial charge is 0.351 e. The summed E-state index contributed by atoms with van der Waals surface area (Å²) >= 11 is 11.7. The smallest absolute Gasteiger partial charge is 0.261 e. The standard InChI is InChI=1S/C11H12Cl3NO4S2/c1-6(20(2)17)5-15-11(16)8-3-7(21(14,18)19)4-9(12)10(8)13/h3-4,6H,5H2,1-2H3,(H,15,16). The van der Waals surface area contributed by atoms with Crippen molar-refractivity contribution in [1.29, 1.82) is 0 Å². The molecule has 10 heteroatoms. The lowest BCUT2D eigenvalue weighted by Crippen LogP contribution is -2.32. The Labute approximate surface area is 139 Å². The van der Waals surface area contributed by atoms with Crippen LogP contribution >= 0.6 is 33.9 Å². The Balaban J connectivity index is 3.09. The predicted octanol–water partition coefficient (Wildman–Crippen LogP) is 2.42. The first-order chi connectivity index (χ1) is 9.54. The van der Waals surface area contributed by atoms with Crippen molar-refractivity contribution in [1.82, 2.24) is 5.32 Å². The molecule has 0 heterocycles. The van der Waals surface area contributed by atoms with Crippen LogP contribution in [0.4, 0.5) is 0 Å². The number of hydrogen-bond donors (Lipinski definition) is 1. The number of rotatable bonds is 5. The number of halogens is 3. The molecule has 0 aliphatic rings. The first-order valence-electron chi connectivity index (χ1n) is 5.58. The lowest BCUT2D eigenvalue weighted by Gasteiger charge is -2.12. The van der Waals surface area contributed by atoms with Crippen molar-refractivity contribution < 1.29 is 17.4 Å². The van der Waals surface area contributed by atoms with Gasteiger partial charge in [-0.2, -0.15) is 0 Å². The van der Waals surface area contributed by atoms with Crippen LogP contribution in [0, 0.1) is 0 Å². The van der Waals surface area contributed by atoms with E-state index in [4.69, 9.17) is 33.9 Å². The predicted molar refractivity (Wildman–Crippen MR) is 85.4 cm³/mol. The summed E-state index contributed by atoms with van der Waals surface area (Å²) in [4.78, 5) is 11.7. The first-order valence-corrected chi connectivity index (χ1v) is 10.3. The highest BCUT2D eigenvalue weighted by atomic mass is 35.7. The zero-order chi connectivity index (χ0) is 16.4. The topological polar surface area (TPSA) is 80.3 Å². The van der Waals surface area contributed by atoms with Gasteiger partial charge in [0, 0.05) is 39.5 Å². The molecule has 2 unspecified atom stereocenters. The molecule has 0 aliphatic carbocycles. The van der Waals surface area contributed by atoms with Gasteiger partial charge in [-0.15, -0.1) is 0 Å². The van der Waals surface area contributed by atoms with Gasteiger partial charge < -0.3 is 5.32 Å². The molecule has 21 heavy (non-hydrogen) atoms. The Bertz CT molecular complexity index is 691. The molecule has 1 amide bonds. The molecular formula is C11H12Cl3NO4S2. The minimum Gasteiger partial charge on any atom is -0.351 e. The van der Waals surface area contributed by atoms with E-state index >= 15 is 0 Å². The van der Waals surface area contributed by atoms with E-state index in [2.05, 4.69) is 5.32 Å². The van der Waals surface area contributed by atoms with E-state index in [0.717, 1.165) is 12.1 Å². The first kappa shape index (κ1) is 18.7. The van der Waals surface area contributed by atoms with Crippen molar-refractivity contribution in [2.75, 3.05) is 12.8 Å². The van der Waals surface area contributed by atoms with Crippen molar-refractivity contribution in [2.24, 2.45) is 0 Å². The van der Waals surface area contributed by atoms with Crippen LogP contribution in [0.15, 0.2) is 17.0 Å². The van der Waals surface area contributed by atoms with E-state index in [-0.39, 0.29) is 32.3 Å². The molecule has 0 aliphatic heterocycles. The highest BCUT2D eigenvalue weighted by Gasteiger charge is 2.20. The highest BCUT2D eigenvalue weighted by Crippen LogP contribution is 2.30. The van der Waals surface area contributed by atoms with E-state index in [9.17, 15) is 17.4 Å². The summed E-state index contributed by atoms with van der Waals surface area (Å²) in [7, 11) is 0.0828. The minimum atomic E-state index is -4.04. The zero-order valence-corrected chi connectivity index (χ0v) is 14.9. The summed E-state index contributed by atoms with van der Waals surface area (Å²) in [6.45, 7) is 1.85. The Kier molecular flexibility index (Phi) is 6.49. The third-order valence-corrected chi connectivity index (χ3v) is 6.08. The van der Waals surface area contributed by atoms with Gasteiger partial charge >= 0.3 is 0 Å². The third kappa shape index (κ3) is 5.10. The van der Waals surface area contributed by atoms with Gasteiger partial charge in [-0.1, -0.05) is 23.2 Å². The monoisotopic (exact) mass is 391 g/mol. The molecule has 0 fully saturated rings. The van der Waals surface area contributed by atoms with Crippen LogP contribution in [-0.4, -0.2) is 36.6 Å². The summed E-state index contributed by atoms with van der Waals surface area (Å²) in [6.07, 6.45) is 1.52. The summed E-state index contributed by atoms with van der Waals surface area (Å²) in [5, 5.41) is 2.07. The summed E-state index contributed by atoms with van der Waals surface area (Å²) in [6, 6.07) is 2.10. The number of carbonyl (C=O) groups is 1. The second-order valence-electron chi connectivity index (χ2n) is 4.22. The molecule has 0 saturated heterocycles. The Morgan fingerprint density at radius 3 is 2.43 bits per heavy atom. The molecule has 1 rings (SSSR count).